The molecule has 5 heteroatoms. The number of hydrogen-bond donors (Lipinski definition) is 2. The number of benzene rings is 3. The third-order valence-corrected chi connectivity index (χ3v) is 7.15. The van der Waals surface area contributed by atoms with Crippen molar-refractivity contribution in [3.8, 4) is 5.75 Å². The van der Waals surface area contributed by atoms with Crippen molar-refractivity contribution in [2.45, 2.75) is 18.9 Å². The van der Waals surface area contributed by atoms with E-state index in [-0.39, 0.29) is 11.7 Å². The smallest absolute Gasteiger partial charge is 0.255 e. The number of halogens is 1. The largest absolute Gasteiger partial charge is 0.507 e. The van der Waals surface area contributed by atoms with Gasteiger partial charge < -0.3 is 15.0 Å². The molecule has 3 heterocycles. The third-order valence-electron chi connectivity index (χ3n) is 6.84. The number of nitrogens with one attached hydrogen (secondary N) is 1. The van der Waals surface area contributed by atoms with Crippen LogP contribution in [0.4, 0.5) is 0 Å². The monoisotopic (exact) mass is 440 g/mol. The van der Waals surface area contributed by atoms with E-state index in [0.29, 0.717) is 17.1 Å². The SMILES string of the molecule is CC(=C[C@@]12c3ccccc3C(=O)N1CCc1c2[nH]c2cccc(Cl)c12)c1ccccc1O. The van der Waals surface area contributed by atoms with Gasteiger partial charge >= 0.3 is 0 Å². The molecular weight excluding hydrogens is 420 g/mol. The van der Waals surface area contributed by atoms with Crippen LogP contribution in [0.3, 0.4) is 0 Å². The highest BCUT2D eigenvalue weighted by Gasteiger charge is 2.53. The summed E-state index contributed by atoms with van der Waals surface area (Å²) in [4.78, 5) is 19.1. The molecule has 2 aliphatic rings. The average Bonchev–Trinajstić information content (AvgIpc) is 3.30. The van der Waals surface area contributed by atoms with E-state index >= 15 is 0 Å². The maximum absolute atomic E-state index is 13.5. The molecule has 1 aromatic heterocycles. The minimum Gasteiger partial charge on any atom is -0.507 e. The number of rotatable bonds is 2. The van der Waals surface area contributed by atoms with Crippen molar-refractivity contribution in [2.75, 3.05) is 6.54 Å². The normalized spacial score (nSPS) is 19.8. The number of carbonyl (C=O) groups excluding carboxylic acids is 1. The predicted octanol–water partition coefficient (Wildman–Crippen LogP) is 5.89. The van der Waals surface area contributed by atoms with Crippen LogP contribution in [0.2, 0.25) is 5.02 Å². The number of nitrogens with zero attached hydrogens (tertiary/aromatic N) is 1. The van der Waals surface area contributed by atoms with Crippen molar-refractivity contribution < 1.29 is 9.90 Å². The third kappa shape index (κ3) is 2.41. The first-order valence-electron chi connectivity index (χ1n) is 10.7. The Morgan fingerprint density at radius 3 is 2.72 bits per heavy atom. The molecule has 6 rings (SSSR count). The Balaban J connectivity index is 1.72. The van der Waals surface area contributed by atoms with Crippen LogP contribution in [0.25, 0.3) is 16.5 Å². The Labute approximate surface area is 190 Å². The van der Waals surface area contributed by atoms with Gasteiger partial charge in [0.25, 0.3) is 5.91 Å². The number of phenolic OH excluding ortho intramolecular Hbond substituents is 1. The highest BCUT2D eigenvalue weighted by Crippen LogP contribution is 2.51. The number of para-hydroxylation sites is 1. The van der Waals surface area contributed by atoms with Crippen LogP contribution >= 0.6 is 11.6 Å². The van der Waals surface area contributed by atoms with E-state index in [2.05, 4.69) is 11.1 Å². The number of hydrogen-bond acceptors (Lipinski definition) is 2. The van der Waals surface area contributed by atoms with E-state index in [0.717, 1.165) is 45.3 Å². The van der Waals surface area contributed by atoms with Gasteiger partial charge in [-0.3, -0.25) is 4.79 Å². The van der Waals surface area contributed by atoms with Crippen LogP contribution in [-0.4, -0.2) is 27.4 Å². The zero-order valence-corrected chi connectivity index (χ0v) is 18.3. The van der Waals surface area contributed by atoms with E-state index in [4.69, 9.17) is 11.6 Å². The fourth-order valence-corrected chi connectivity index (χ4v) is 5.78. The predicted molar refractivity (Wildman–Crippen MR) is 127 cm³/mol. The summed E-state index contributed by atoms with van der Waals surface area (Å²) in [5.41, 5.74) is 5.60. The van der Waals surface area contributed by atoms with Gasteiger partial charge in [-0.15, -0.1) is 0 Å². The molecule has 0 bridgehead atoms. The van der Waals surface area contributed by atoms with Crippen molar-refractivity contribution in [1.82, 2.24) is 9.88 Å². The summed E-state index contributed by atoms with van der Waals surface area (Å²) in [6.07, 6.45) is 2.84. The fourth-order valence-electron chi connectivity index (χ4n) is 5.50. The van der Waals surface area contributed by atoms with Gasteiger partial charge in [-0.2, -0.15) is 0 Å². The summed E-state index contributed by atoms with van der Waals surface area (Å²) in [7, 11) is 0. The summed E-state index contributed by atoms with van der Waals surface area (Å²) in [6.45, 7) is 2.57. The minimum absolute atomic E-state index is 0.0253. The second kappa shape index (κ2) is 6.75. The summed E-state index contributed by atoms with van der Waals surface area (Å²) >= 11 is 6.63. The zero-order valence-electron chi connectivity index (χ0n) is 17.5. The fraction of sp³-hybridized carbons (Fsp3) is 0.148. The highest BCUT2D eigenvalue weighted by atomic mass is 35.5. The first-order valence-corrected chi connectivity index (χ1v) is 11.1. The van der Waals surface area contributed by atoms with Gasteiger partial charge in [-0.1, -0.05) is 54.1 Å². The second-order valence-corrected chi connectivity index (χ2v) is 8.91. The number of amides is 1. The Bertz CT molecular complexity index is 1450. The van der Waals surface area contributed by atoms with E-state index in [1.54, 1.807) is 6.07 Å². The Morgan fingerprint density at radius 2 is 1.88 bits per heavy atom. The van der Waals surface area contributed by atoms with Crippen molar-refractivity contribution in [2.24, 2.45) is 0 Å². The van der Waals surface area contributed by atoms with Crippen LogP contribution in [-0.2, 0) is 12.0 Å². The van der Waals surface area contributed by atoms with Crippen LogP contribution < -0.4 is 0 Å². The lowest BCUT2D eigenvalue weighted by Crippen LogP contribution is -2.48. The molecular formula is C27H21ClN2O2. The van der Waals surface area contributed by atoms with Gasteiger partial charge in [-0.25, -0.2) is 0 Å². The van der Waals surface area contributed by atoms with Gasteiger partial charge in [0.1, 0.15) is 11.3 Å². The van der Waals surface area contributed by atoms with E-state index in [1.807, 2.05) is 72.5 Å². The first-order chi connectivity index (χ1) is 15.5. The Kier molecular flexibility index (Phi) is 4.05. The minimum atomic E-state index is -0.796. The topological polar surface area (TPSA) is 56.3 Å². The van der Waals surface area contributed by atoms with Crippen molar-refractivity contribution in [3.63, 3.8) is 0 Å². The summed E-state index contributed by atoms with van der Waals surface area (Å²) in [6, 6.07) is 21.0. The number of aromatic amines is 1. The molecule has 3 aromatic carbocycles. The van der Waals surface area contributed by atoms with Gasteiger partial charge in [0.15, 0.2) is 0 Å². The molecule has 0 saturated heterocycles. The Hall–Kier alpha value is -3.50. The lowest BCUT2D eigenvalue weighted by atomic mass is 9.79. The number of aromatic hydroxyl groups is 1. The lowest BCUT2D eigenvalue weighted by Gasteiger charge is -2.41. The molecule has 4 nitrogen and oxygen atoms in total. The molecule has 0 fully saturated rings. The quantitative estimate of drug-likeness (QED) is 0.408. The van der Waals surface area contributed by atoms with Crippen LogP contribution in [0, 0.1) is 0 Å². The summed E-state index contributed by atoms with van der Waals surface area (Å²) < 4.78 is 0. The van der Waals surface area contributed by atoms with Gasteiger partial charge in [0, 0.05) is 34.1 Å². The van der Waals surface area contributed by atoms with E-state index in [9.17, 15) is 9.90 Å². The van der Waals surface area contributed by atoms with Crippen molar-refractivity contribution in [1.29, 1.82) is 0 Å². The van der Waals surface area contributed by atoms with Gasteiger partial charge in [-0.05, 0) is 54.8 Å². The molecule has 0 spiro atoms. The molecule has 158 valence electrons. The van der Waals surface area contributed by atoms with E-state index in [1.165, 1.54) is 0 Å². The first kappa shape index (κ1) is 19.2. The second-order valence-electron chi connectivity index (χ2n) is 8.50. The molecule has 4 aromatic rings. The van der Waals surface area contributed by atoms with Gasteiger partial charge in [0.2, 0.25) is 0 Å². The Morgan fingerprint density at radius 1 is 1.09 bits per heavy atom. The number of H-pyrrole nitrogens is 1. The van der Waals surface area contributed by atoms with Crippen LogP contribution in [0.15, 0.2) is 72.8 Å². The van der Waals surface area contributed by atoms with E-state index < -0.39 is 5.54 Å². The van der Waals surface area contributed by atoms with Crippen LogP contribution in [0.1, 0.15) is 39.7 Å². The number of allylic oxidation sites excluding steroid dienone is 1. The zero-order chi connectivity index (χ0) is 22.0. The number of aromatic nitrogens is 1. The average molecular weight is 441 g/mol. The molecule has 1 atom stereocenters. The van der Waals surface area contributed by atoms with Crippen molar-refractivity contribution >= 4 is 34.0 Å². The number of phenols is 1. The molecule has 32 heavy (non-hydrogen) atoms. The molecule has 0 radical (unpaired) electrons. The lowest BCUT2D eigenvalue weighted by molar-refractivity contribution is 0.0666. The number of fused-ring (bicyclic) bond motifs is 7. The molecule has 0 saturated carbocycles. The van der Waals surface area contributed by atoms with Crippen molar-refractivity contribution in [3.05, 3.63) is 106 Å². The highest BCUT2D eigenvalue weighted by molar-refractivity contribution is 6.35. The molecule has 0 aliphatic carbocycles. The molecule has 2 N–H and O–H groups in total. The maximum Gasteiger partial charge on any atom is 0.255 e. The van der Waals surface area contributed by atoms with Gasteiger partial charge in [0.05, 0.1) is 10.7 Å². The molecule has 2 aliphatic heterocycles. The number of carbonyl (C=O) groups is 1. The molecule has 1 amide bonds. The summed E-state index contributed by atoms with van der Waals surface area (Å²) in [5.74, 6) is 0.245. The maximum atomic E-state index is 13.5. The standard InChI is InChI=1S/C27H21ClN2O2/c1-16(17-7-3-5-12-23(17)31)15-27-20-9-4-2-8-18(20)26(32)30(27)14-13-19-24-21(28)10-6-11-22(24)29-25(19)27/h2-12,15,29,31H,13-14H2,1H3/t27-/m0/s1. The molecule has 0 unspecified atom stereocenters. The summed E-state index contributed by atoms with van der Waals surface area (Å²) in [5, 5.41) is 12.2. The van der Waals surface area contributed by atoms with Crippen LogP contribution in [0.5, 0.6) is 5.75 Å².